The highest BCUT2D eigenvalue weighted by Crippen LogP contribution is 2.13. The van der Waals surface area contributed by atoms with Crippen molar-refractivity contribution in [1.29, 1.82) is 0 Å². The highest BCUT2D eigenvalue weighted by molar-refractivity contribution is 7.81. The van der Waals surface area contributed by atoms with E-state index in [0.29, 0.717) is 36.2 Å². The van der Waals surface area contributed by atoms with Gasteiger partial charge < -0.3 is 11.5 Å². The monoisotopic (exact) mass is 224 g/mol. The molecular formula is C11H16N2OS. The zero-order valence-electron chi connectivity index (χ0n) is 8.61. The molecule has 0 fully saturated rings. The zero-order chi connectivity index (χ0) is 11.3. The first-order valence-corrected chi connectivity index (χ1v) is 5.45. The Kier molecular flexibility index (Phi) is 4.81. The van der Waals surface area contributed by atoms with Crippen LogP contribution in [-0.4, -0.2) is 23.2 Å². The maximum atomic E-state index is 11.8. The lowest BCUT2D eigenvalue weighted by molar-refractivity contribution is -0.115. The average molecular weight is 224 g/mol. The molecule has 4 N–H and O–H groups in total. The Hall–Kier alpha value is -0.840. The largest absolute Gasteiger partial charge is 0.330 e. The van der Waals surface area contributed by atoms with E-state index in [-0.39, 0.29) is 11.8 Å². The lowest BCUT2D eigenvalue weighted by Gasteiger charge is -2.13. The van der Waals surface area contributed by atoms with Crippen LogP contribution in [0.15, 0.2) is 23.8 Å². The number of hydrogen-bond donors (Lipinski definition) is 2. The van der Waals surface area contributed by atoms with E-state index in [0.717, 1.165) is 0 Å². The number of carbonyl (C=O) groups excluding carboxylic acids is 1. The third kappa shape index (κ3) is 3.66. The van der Waals surface area contributed by atoms with Crippen molar-refractivity contribution in [3.8, 4) is 0 Å². The zero-order valence-corrected chi connectivity index (χ0v) is 9.43. The Morgan fingerprint density at radius 2 is 2.33 bits per heavy atom. The second kappa shape index (κ2) is 5.90. The van der Waals surface area contributed by atoms with Crippen LogP contribution in [0.2, 0.25) is 0 Å². The second-order valence-corrected chi connectivity index (χ2v) is 4.09. The molecule has 0 saturated heterocycles. The minimum atomic E-state index is -0.155. The van der Waals surface area contributed by atoms with Crippen molar-refractivity contribution in [2.75, 3.05) is 6.54 Å². The van der Waals surface area contributed by atoms with Crippen molar-refractivity contribution in [2.45, 2.75) is 25.3 Å². The molecule has 0 aromatic rings. The summed E-state index contributed by atoms with van der Waals surface area (Å²) in [7, 11) is 0. The molecule has 82 valence electrons. The van der Waals surface area contributed by atoms with Gasteiger partial charge in [0.2, 0.25) is 0 Å². The van der Waals surface area contributed by atoms with Crippen LogP contribution in [0.5, 0.6) is 0 Å². The molecule has 15 heavy (non-hydrogen) atoms. The summed E-state index contributed by atoms with van der Waals surface area (Å²) in [5.41, 5.74) is 11.8. The number of Topliss-reactive ketones (excluding diaryl/α,β-unsaturated/α-hetero) is 1. The molecule has 1 aliphatic carbocycles. The van der Waals surface area contributed by atoms with E-state index in [1.165, 1.54) is 0 Å². The van der Waals surface area contributed by atoms with Crippen molar-refractivity contribution < 1.29 is 4.79 Å². The van der Waals surface area contributed by atoms with Gasteiger partial charge in [-0.15, -0.1) is 0 Å². The molecule has 0 spiro atoms. The first kappa shape index (κ1) is 12.2. The molecule has 0 bridgehead atoms. The van der Waals surface area contributed by atoms with E-state index in [1.54, 1.807) is 6.08 Å². The highest BCUT2D eigenvalue weighted by Gasteiger charge is 2.17. The number of nitrogens with two attached hydrogens (primary N) is 2. The lowest BCUT2D eigenvalue weighted by Crippen LogP contribution is -2.28. The molecule has 0 radical (unpaired) electrons. The average Bonchev–Trinajstić information content (AvgIpc) is 2.18. The van der Waals surface area contributed by atoms with Crippen molar-refractivity contribution >= 4 is 22.9 Å². The SMILES string of the molecule is NCCC(N)CC(=O)C1=CC=CCC1=S. The fourth-order valence-corrected chi connectivity index (χ4v) is 1.73. The standard InChI is InChI=1S/C11H16N2OS/c12-6-5-8(13)7-10(14)9-3-1-2-4-11(9)15/h1-3,8H,4-7,12-13H2. The Bertz CT molecular complexity index is 321. The van der Waals surface area contributed by atoms with Crippen LogP contribution in [0.25, 0.3) is 0 Å². The molecule has 1 atom stereocenters. The number of ketones is 1. The predicted octanol–water partition coefficient (Wildman–Crippen LogP) is 0.878. The van der Waals surface area contributed by atoms with E-state index in [2.05, 4.69) is 0 Å². The van der Waals surface area contributed by atoms with Crippen molar-refractivity contribution in [1.82, 2.24) is 0 Å². The summed E-state index contributed by atoms with van der Waals surface area (Å²) >= 11 is 5.11. The predicted molar refractivity (Wildman–Crippen MR) is 65.7 cm³/mol. The van der Waals surface area contributed by atoms with Gasteiger partial charge in [0.1, 0.15) is 0 Å². The molecule has 0 aliphatic heterocycles. The van der Waals surface area contributed by atoms with Gasteiger partial charge in [0.25, 0.3) is 0 Å². The van der Waals surface area contributed by atoms with Crippen LogP contribution in [-0.2, 0) is 4.79 Å². The van der Waals surface area contributed by atoms with E-state index < -0.39 is 0 Å². The summed E-state index contributed by atoms with van der Waals surface area (Å²) < 4.78 is 0. The topological polar surface area (TPSA) is 69.1 Å². The summed E-state index contributed by atoms with van der Waals surface area (Å²) in [4.78, 5) is 12.5. The minimum Gasteiger partial charge on any atom is -0.330 e. The Morgan fingerprint density at radius 1 is 1.60 bits per heavy atom. The fourth-order valence-electron chi connectivity index (χ4n) is 1.45. The van der Waals surface area contributed by atoms with E-state index >= 15 is 0 Å². The van der Waals surface area contributed by atoms with Gasteiger partial charge in [-0.05, 0) is 13.0 Å². The summed E-state index contributed by atoms with van der Waals surface area (Å²) in [5, 5.41) is 0. The van der Waals surface area contributed by atoms with Gasteiger partial charge in [0.05, 0.1) is 0 Å². The molecule has 3 nitrogen and oxygen atoms in total. The Labute approximate surface area is 95.2 Å². The molecule has 0 aromatic carbocycles. The van der Waals surface area contributed by atoms with E-state index in [9.17, 15) is 4.79 Å². The normalized spacial score (nSPS) is 17.5. The van der Waals surface area contributed by atoms with Crippen LogP contribution in [0.1, 0.15) is 19.3 Å². The van der Waals surface area contributed by atoms with Gasteiger partial charge in [0.15, 0.2) is 5.78 Å². The maximum Gasteiger partial charge on any atom is 0.165 e. The third-order valence-corrected chi connectivity index (χ3v) is 2.67. The van der Waals surface area contributed by atoms with Gasteiger partial charge in [-0.1, -0.05) is 30.4 Å². The molecule has 0 amide bonds. The fraction of sp³-hybridized carbons (Fsp3) is 0.455. The van der Waals surface area contributed by atoms with Gasteiger partial charge in [0, 0.05) is 29.3 Å². The summed E-state index contributed by atoms with van der Waals surface area (Å²) in [6.07, 6.45) is 7.25. The minimum absolute atomic E-state index is 0.0327. The van der Waals surface area contributed by atoms with Gasteiger partial charge >= 0.3 is 0 Å². The molecule has 0 saturated carbocycles. The number of thiocarbonyl (C=S) groups is 1. The quantitative estimate of drug-likeness (QED) is 0.680. The molecular weight excluding hydrogens is 208 g/mol. The van der Waals surface area contributed by atoms with Crippen LogP contribution >= 0.6 is 12.2 Å². The van der Waals surface area contributed by atoms with Crippen LogP contribution in [0.3, 0.4) is 0 Å². The number of hydrogen-bond acceptors (Lipinski definition) is 4. The van der Waals surface area contributed by atoms with E-state index in [4.69, 9.17) is 23.7 Å². The van der Waals surface area contributed by atoms with Crippen LogP contribution in [0, 0.1) is 0 Å². The first-order chi connectivity index (χ1) is 7.15. The third-order valence-electron chi connectivity index (χ3n) is 2.29. The molecule has 4 heteroatoms. The molecule has 1 rings (SSSR count). The van der Waals surface area contributed by atoms with Gasteiger partial charge in [-0.3, -0.25) is 4.79 Å². The van der Waals surface area contributed by atoms with Crippen molar-refractivity contribution in [2.24, 2.45) is 11.5 Å². The molecule has 1 aliphatic rings. The number of allylic oxidation sites excluding steroid dienone is 4. The van der Waals surface area contributed by atoms with Crippen LogP contribution < -0.4 is 11.5 Å². The second-order valence-electron chi connectivity index (χ2n) is 3.60. The number of rotatable bonds is 5. The summed E-state index contributed by atoms with van der Waals surface area (Å²) in [6, 6.07) is -0.155. The molecule has 1 unspecified atom stereocenters. The Balaban J connectivity index is 2.56. The number of carbonyl (C=O) groups is 1. The highest BCUT2D eigenvalue weighted by atomic mass is 32.1. The van der Waals surface area contributed by atoms with Gasteiger partial charge in [-0.25, -0.2) is 0 Å². The summed E-state index contributed by atoms with van der Waals surface area (Å²) in [6.45, 7) is 0.512. The van der Waals surface area contributed by atoms with Crippen molar-refractivity contribution in [3.05, 3.63) is 23.8 Å². The van der Waals surface area contributed by atoms with E-state index in [1.807, 2.05) is 12.2 Å². The Morgan fingerprint density at radius 3 is 2.93 bits per heavy atom. The first-order valence-electron chi connectivity index (χ1n) is 5.04. The summed E-state index contributed by atoms with van der Waals surface area (Å²) in [5.74, 6) is 0.0327. The smallest absolute Gasteiger partial charge is 0.165 e. The maximum absolute atomic E-state index is 11.8. The molecule has 0 heterocycles. The van der Waals surface area contributed by atoms with Gasteiger partial charge in [-0.2, -0.15) is 0 Å². The molecule has 0 aromatic heterocycles. The lowest BCUT2D eigenvalue weighted by atomic mass is 9.96. The van der Waals surface area contributed by atoms with Crippen molar-refractivity contribution in [3.63, 3.8) is 0 Å². The van der Waals surface area contributed by atoms with Crippen LogP contribution in [0.4, 0.5) is 0 Å².